The first kappa shape index (κ1) is 16.6. The molecule has 0 fully saturated rings. The van der Waals surface area contributed by atoms with Gasteiger partial charge in [-0.05, 0) is 30.2 Å². The summed E-state index contributed by atoms with van der Waals surface area (Å²) in [5.41, 5.74) is 3.19. The smallest absolute Gasteiger partial charge is 0.254 e. The molecule has 0 unspecified atom stereocenters. The summed E-state index contributed by atoms with van der Waals surface area (Å²) in [6, 6.07) is 5.96. The number of nitrogens with zero attached hydrogens (tertiary/aromatic N) is 3. The summed E-state index contributed by atoms with van der Waals surface area (Å²) >= 11 is 0. The number of aromatic nitrogens is 2. The minimum atomic E-state index is 0. The summed E-state index contributed by atoms with van der Waals surface area (Å²) in [5.74, 6) is 1.07. The largest absolute Gasteiger partial charge is 0.384 e. The molecule has 0 radical (unpaired) electrons. The molecule has 1 N–H and O–H groups in total. The molecule has 2 aliphatic heterocycles. The van der Waals surface area contributed by atoms with Crippen LogP contribution >= 0.6 is 24.8 Å². The number of rotatable bonds is 1. The molecule has 0 saturated heterocycles. The lowest BCUT2D eigenvalue weighted by Crippen LogP contribution is -2.38. The first-order chi connectivity index (χ1) is 9.81. The SMILES string of the molecule is Cl.Cl.O=C(c1ccc2c(c1)CCN2)N1CCn2ccnc2C1. The monoisotopic (exact) mass is 340 g/mol. The predicted molar refractivity (Wildman–Crippen MR) is 90.1 cm³/mol. The van der Waals surface area contributed by atoms with Gasteiger partial charge < -0.3 is 14.8 Å². The summed E-state index contributed by atoms with van der Waals surface area (Å²) in [6.07, 6.45) is 4.77. The van der Waals surface area contributed by atoms with Gasteiger partial charge in [0.1, 0.15) is 5.82 Å². The summed E-state index contributed by atoms with van der Waals surface area (Å²) in [4.78, 5) is 18.8. The molecule has 1 aromatic carbocycles. The molecule has 22 heavy (non-hydrogen) atoms. The van der Waals surface area contributed by atoms with Gasteiger partial charge in [0, 0.05) is 43.3 Å². The van der Waals surface area contributed by atoms with Crippen molar-refractivity contribution in [1.29, 1.82) is 0 Å². The second-order valence-electron chi connectivity index (χ2n) is 5.31. The first-order valence-corrected chi connectivity index (χ1v) is 6.97. The second kappa shape index (κ2) is 6.58. The van der Waals surface area contributed by atoms with Crippen LogP contribution in [-0.4, -0.2) is 33.4 Å². The van der Waals surface area contributed by atoms with Crippen molar-refractivity contribution in [2.75, 3.05) is 18.4 Å². The third-order valence-corrected chi connectivity index (χ3v) is 4.09. The van der Waals surface area contributed by atoms with E-state index in [4.69, 9.17) is 0 Å². The van der Waals surface area contributed by atoms with Crippen LogP contribution < -0.4 is 5.32 Å². The summed E-state index contributed by atoms with van der Waals surface area (Å²) < 4.78 is 2.11. The summed E-state index contributed by atoms with van der Waals surface area (Å²) in [6.45, 7) is 3.14. The minimum Gasteiger partial charge on any atom is -0.384 e. The molecule has 2 aromatic rings. The van der Waals surface area contributed by atoms with Crippen molar-refractivity contribution in [2.45, 2.75) is 19.5 Å². The Hall–Kier alpha value is -1.72. The number of hydrogen-bond acceptors (Lipinski definition) is 3. The van der Waals surface area contributed by atoms with Crippen LogP contribution in [0.5, 0.6) is 0 Å². The normalized spacial score (nSPS) is 15.0. The number of amides is 1. The molecule has 0 aliphatic carbocycles. The fourth-order valence-corrected chi connectivity index (χ4v) is 2.97. The Balaban J connectivity index is 0.000000882. The Morgan fingerprint density at radius 2 is 2.09 bits per heavy atom. The Bertz CT molecular complexity index is 686. The van der Waals surface area contributed by atoms with E-state index in [1.54, 1.807) is 6.20 Å². The quantitative estimate of drug-likeness (QED) is 0.866. The molecule has 3 heterocycles. The fraction of sp³-hybridized carbons (Fsp3) is 0.333. The highest BCUT2D eigenvalue weighted by Gasteiger charge is 2.23. The Labute approximate surface area is 141 Å². The molecule has 1 amide bonds. The van der Waals surface area contributed by atoms with Gasteiger partial charge in [-0.3, -0.25) is 4.79 Å². The lowest BCUT2D eigenvalue weighted by molar-refractivity contribution is 0.0707. The van der Waals surface area contributed by atoms with E-state index < -0.39 is 0 Å². The van der Waals surface area contributed by atoms with Crippen LogP contribution in [0.1, 0.15) is 21.7 Å². The van der Waals surface area contributed by atoms with Gasteiger partial charge in [-0.2, -0.15) is 0 Å². The van der Waals surface area contributed by atoms with Crippen molar-refractivity contribution < 1.29 is 4.79 Å². The fourth-order valence-electron chi connectivity index (χ4n) is 2.97. The number of halogens is 2. The molecule has 4 rings (SSSR count). The van der Waals surface area contributed by atoms with Gasteiger partial charge in [0.2, 0.25) is 0 Å². The average molecular weight is 341 g/mol. The van der Waals surface area contributed by atoms with E-state index in [0.29, 0.717) is 6.54 Å². The topological polar surface area (TPSA) is 50.2 Å². The van der Waals surface area contributed by atoms with Crippen molar-refractivity contribution in [3.05, 3.63) is 47.5 Å². The summed E-state index contributed by atoms with van der Waals surface area (Å²) in [5, 5.41) is 3.32. The van der Waals surface area contributed by atoms with E-state index >= 15 is 0 Å². The molecule has 5 nitrogen and oxygen atoms in total. The number of fused-ring (bicyclic) bond motifs is 2. The Morgan fingerprint density at radius 3 is 2.95 bits per heavy atom. The maximum Gasteiger partial charge on any atom is 0.254 e. The average Bonchev–Trinajstić information content (AvgIpc) is 3.13. The number of carbonyl (C=O) groups is 1. The van der Waals surface area contributed by atoms with E-state index in [2.05, 4.69) is 14.9 Å². The van der Waals surface area contributed by atoms with E-state index in [1.807, 2.05) is 29.3 Å². The lowest BCUT2D eigenvalue weighted by atomic mass is 10.1. The van der Waals surface area contributed by atoms with Gasteiger partial charge >= 0.3 is 0 Å². The molecule has 0 bridgehead atoms. The van der Waals surface area contributed by atoms with Gasteiger partial charge in [-0.1, -0.05) is 0 Å². The van der Waals surface area contributed by atoms with E-state index in [0.717, 1.165) is 43.1 Å². The molecule has 118 valence electrons. The number of anilines is 1. The van der Waals surface area contributed by atoms with Gasteiger partial charge in [-0.15, -0.1) is 24.8 Å². The highest BCUT2D eigenvalue weighted by molar-refractivity contribution is 5.95. The molecule has 0 saturated carbocycles. The van der Waals surface area contributed by atoms with Gasteiger partial charge in [0.15, 0.2) is 0 Å². The van der Waals surface area contributed by atoms with Crippen LogP contribution in [0.2, 0.25) is 0 Å². The number of imidazole rings is 1. The van der Waals surface area contributed by atoms with Gasteiger partial charge in [0.05, 0.1) is 6.54 Å². The third-order valence-electron chi connectivity index (χ3n) is 4.09. The molecule has 1 aromatic heterocycles. The van der Waals surface area contributed by atoms with Crippen molar-refractivity contribution >= 4 is 36.4 Å². The van der Waals surface area contributed by atoms with Crippen molar-refractivity contribution in [2.24, 2.45) is 0 Å². The van der Waals surface area contributed by atoms with Crippen LogP contribution in [0, 0.1) is 0 Å². The van der Waals surface area contributed by atoms with Crippen molar-refractivity contribution in [3.63, 3.8) is 0 Å². The molecule has 7 heteroatoms. The maximum absolute atomic E-state index is 12.6. The van der Waals surface area contributed by atoms with E-state index in [1.165, 1.54) is 5.56 Å². The van der Waals surface area contributed by atoms with Crippen molar-refractivity contribution in [3.8, 4) is 0 Å². The maximum atomic E-state index is 12.6. The molecule has 2 aliphatic rings. The Morgan fingerprint density at radius 1 is 1.23 bits per heavy atom. The number of hydrogen-bond donors (Lipinski definition) is 1. The van der Waals surface area contributed by atoms with Crippen LogP contribution in [0.3, 0.4) is 0 Å². The van der Waals surface area contributed by atoms with E-state index in [9.17, 15) is 4.79 Å². The zero-order valence-electron chi connectivity index (χ0n) is 12.0. The molecular formula is C15H18Cl2N4O. The van der Waals surface area contributed by atoms with Crippen LogP contribution in [0.4, 0.5) is 5.69 Å². The zero-order valence-corrected chi connectivity index (χ0v) is 13.6. The standard InChI is InChI=1S/C15H16N4O.2ClH/c20-15(12-1-2-13-11(9-12)3-4-16-13)19-8-7-18-6-5-17-14(18)10-19;;/h1-2,5-6,9,16H,3-4,7-8,10H2;2*1H. The highest BCUT2D eigenvalue weighted by atomic mass is 35.5. The van der Waals surface area contributed by atoms with Crippen LogP contribution in [-0.2, 0) is 19.5 Å². The lowest BCUT2D eigenvalue weighted by Gasteiger charge is -2.27. The second-order valence-corrected chi connectivity index (χ2v) is 5.31. The molecule has 0 spiro atoms. The van der Waals surface area contributed by atoms with Gasteiger partial charge in [-0.25, -0.2) is 4.98 Å². The van der Waals surface area contributed by atoms with Crippen LogP contribution in [0.25, 0.3) is 0 Å². The number of carbonyl (C=O) groups excluding carboxylic acids is 1. The number of benzene rings is 1. The van der Waals surface area contributed by atoms with Crippen molar-refractivity contribution in [1.82, 2.24) is 14.5 Å². The predicted octanol–water partition coefficient (Wildman–Crippen LogP) is 2.35. The molecule has 0 atom stereocenters. The van der Waals surface area contributed by atoms with E-state index in [-0.39, 0.29) is 30.7 Å². The first-order valence-electron chi connectivity index (χ1n) is 6.97. The third kappa shape index (κ3) is 2.78. The Kier molecular flexibility index (Phi) is 4.98. The highest BCUT2D eigenvalue weighted by Crippen LogP contribution is 2.24. The summed E-state index contributed by atoms with van der Waals surface area (Å²) in [7, 11) is 0. The minimum absolute atomic E-state index is 0. The van der Waals surface area contributed by atoms with Gasteiger partial charge in [0.25, 0.3) is 5.91 Å². The number of nitrogens with one attached hydrogen (secondary N) is 1. The van der Waals surface area contributed by atoms with Crippen LogP contribution in [0.15, 0.2) is 30.6 Å². The molecular weight excluding hydrogens is 323 g/mol. The zero-order chi connectivity index (χ0) is 13.5.